The number of carbonyl (C=O) groups excluding carboxylic acids is 2. The second-order valence-corrected chi connectivity index (χ2v) is 8.29. The quantitative estimate of drug-likeness (QED) is 0.315. The van der Waals surface area contributed by atoms with Gasteiger partial charge in [-0.3, -0.25) is 9.59 Å². The summed E-state index contributed by atoms with van der Waals surface area (Å²) in [5.74, 6) is -0.0758. The predicted octanol–water partition coefficient (Wildman–Crippen LogP) is 4.34. The molecule has 0 radical (unpaired) electrons. The fourth-order valence-electron chi connectivity index (χ4n) is 3.44. The molecule has 3 rings (SSSR count). The maximum absolute atomic E-state index is 13.6. The number of aldehydes is 1. The lowest BCUT2D eigenvalue weighted by Gasteiger charge is -2.27. The first-order chi connectivity index (χ1) is 13.6. The molecule has 1 aliphatic heterocycles. The highest BCUT2D eigenvalue weighted by atomic mass is 32.2. The van der Waals surface area contributed by atoms with E-state index in [9.17, 15) is 9.59 Å². The topological polar surface area (TPSA) is 40.6 Å². The van der Waals surface area contributed by atoms with E-state index < -0.39 is 0 Å². The van der Waals surface area contributed by atoms with Gasteiger partial charge in [0, 0.05) is 40.6 Å². The number of ketones is 1. The number of hydrogen-bond acceptors (Lipinski definition) is 5. The van der Waals surface area contributed by atoms with Crippen LogP contribution < -0.4 is 0 Å². The van der Waals surface area contributed by atoms with Gasteiger partial charge in [0.1, 0.15) is 0 Å². The number of hydrogen-bond donors (Lipinski definition) is 0. The van der Waals surface area contributed by atoms with Crippen LogP contribution in [0.2, 0.25) is 0 Å². The average molecular weight is 395 g/mol. The number of rotatable bonds is 6. The third-order valence-corrected chi connectivity index (χ3v) is 5.94. The van der Waals surface area contributed by atoms with E-state index >= 15 is 0 Å². The van der Waals surface area contributed by atoms with E-state index in [2.05, 4.69) is 16.8 Å². The van der Waals surface area contributed by atoms with Crippen molar-refractivity contribution in [3.05, 3.63) is 76.3 Å². The van der Waals surface area contributed by atoms with Crippen molar-refractivity contribution in [2.75, 3.05) is 33.2 Å². The largest absolute Gasteiger partial charge is 0.366 e. The van der Waals surface area contributed by atoms with E-state index in [1.54, 1.807) is 30.0 Å². The van der Waals surface area contributed by atoms with E-state index in [4.69, 9.17) is 0 Å². The van der Waals surface area contributed by atoms with Gasteiger partial charge in [0.25, 0.3) is 0 Å². The van der Waals surface area contributed by atoms with Gasteiger partial charge in [-0.05, 0) is 39.1 Å². The zero-order valence-corrected chi connectivity index (χ0v) is 17.2. The second kappa shape index (κ2) is 9.71. The van der Waals surface area contributed by atoms with Gasteiger partial charge >= 0.3 is 0 Å². The Labute approximate surface area is 171 Å². The van der Waals surface area contributed by atoms with Crippen molar-refractivity contribution < 1.29 is 9.59 Å². The molecule has 5 heteroatoms. The van der Waals surface area contributed by atoms with Crippen molar-refractivity contribution in [3.63, 3.8) is 0 Å². The predicted molar refractivity (Wildman–Crippen MR) is 115 cm³/mol. The van der Waals surface area contributed by atoms with Crippen LogP contribution in [0.5, 0.6) is 0 Å². The molecule has 0 N–H and O–H groups in total. The molecule has 28 heavy (non-hydrogen) atoms. The van der Waals surface area contributed by atoms with Crippen LogP contribution in [0.25, 0.3) is 0 Å². The van der Waals surface area contributed by atoms with Crippen LogP contribution in [0.1, 0.15) is 34.1 Å². The molecule has 0 amide bonds. The Bertz CT molecular complexity index is 864. The van der Waals surface area contributed by atoms with Crippen molar-refractivity contribution in [2.45, 2.75) is 18.2 Å². The van der Waals surface area contributed by atoms with E-state index in [1.165, 1.54) is 0 Å². The smallest absolute Gasteiger partial charge is 0.210 e. The molecule has 1 fully saturated rings. The minimum Gasteiger partial charge on any atom is -0.366 e. The minimum absolute atomic E-state index is 0.0758. The molecule has 0 saturated carbocycles. The average Bonchev–Trinajstić information content (AvgIpc) is 2.93. The van der Waals surface area contributed by atoms with Gasteiger partial charge in [0.15, 0.2) is 6.29 Å². The molecule has 2 aromatic carbocycles. The van der Waals surface area contributed by atoms with Gasteiger partial charge in [0.05, 0.1) is 5.70 Å². The standard InChI is InChI=1S/C23H26N2O2S/c1-18(28-20-10-4-3-5-11-20)22(25-14-8-13-24(2)15-16-25)23(27)21-12-7-6-9-19(21)17-26/h3-7,9-12,17H,8,13-16H2,1-2H3/b22-18-. The monoisotopic (exact) mass is 394 g/mol. The summed E-state index contributed by atoms with van der Waals surface area (Å²) in [6.45, 7) is 5.57. The number of thioether (sulfide) groups is 1. The molecule has 1 aliphatic rings. The number of allylic oxidation sites excluding steroid dienone is 2. The van der Waals surface area contributed by atoms with Crippen LogP contribution in [-0.2, 0) is 0 Å². The van der Waals surface area contributed by atoms with Crippen molar-refractivity contribution in [2.24, 2.45) is 0 Å². The number of Topliss-reactive ketones (excluding diaryl/α,β-unsaturated/α-hetero) is 1. The Morgan fingerprint density at radius 1 is 0.964 bits per heavy atom. The van der Waals surface area contributed by atoms with Crippen LogP contribution in [0.4, 0.5) is 0 Å². The Kier molecular flexibility index (Phi) is 7.06. The summed E-state index contributed by atoms with van der Waals surface area (Å²) >= 11 is 1.60. The summed E-state index contributed by atoms with van der Waals surface area (Å²) in [5.41, 5.74) is 1.62. The van der Waals surface area contributed by atoms with Gasteiger partial charge in [-0.1, -0.05) is 54.2 Å². The Morgan fingerprint density at radius 2 is 1.68 bits per heavy atom. The van der Waals surface area contributed by atoms with Gasteiger partial charge in [0.2, 0.25) is 5.78 Å². The molecule has 0 atom stereocenters. The highest BCUT2D eigenvalue weighted by Crippen LogP contribution is 2.32. The van der Waals surface area contributed by atoms with Crippen molar-refractivity contribution >= 4 is 23.8 Å². The van der Waals surface area contributed by atoms with Crippen molar-refractivity contribution in [3.8, 4) is 0 Å². The first-order valence-electron chi connectivity index (χ1n) is 9.56. The zero-order valence-electron chi connectivity index (χ0n) is 16.4. The molecular formula is C23H26N2O2S. The molecule has 2 aromatic rings. The summed E-state index contributed by atoms with van der Waals surface area (Å²) in [6, 6.07) is 17.1. The van der Waals surface area contributed by atoms with Gasteiger partial charge in [-0.2, -0.15) is 0 Å². The first-order valence-corrected chi connectivity index (χ1v) is 10.4. The SMILES string of the molecule is C/C(Sc1ccccc1)=C(\C(=O)c1ccccc1C=O)N1CCCN(C)CC1. The molecule has 1 heterocycles. The maximum Gasteiger partial charge on any atom is 0.210 e. The fraction of sp³-hybridized carbons (Fsp3) is 0.304. The lowest BCUT2D eigenvalue weighted by atomic mass is 10.0. The van der Waals surface area contributed by atoms with E-state index in [0.29, 0.717) is 16.8 Å². The van der Waals surface area contributed by atoms with Crippen molar-refractivity contribution in [1.82, 2.24) is 9.80 Å². The van der Waals surface area contributed by atoms with Crippen LogP contribution in [-0.4, -0.2) is 55.1 Å². The first kappa shape index (κ1) is 20.4. The third kappa shape index (κ3) is 4.91. The molecular weight excluding hydrogens is 368 g/mol. The lowest BCUT2D eigenvalue weighted by Crippen LogP contribution is -2.32. The summed E-state index contributed by atoms with van der Waals surface area (Å²) in [7, 11) is 2.11. The van der Waals surface area contributed by atoms with E-state index in [-0.39, 0.29) is 5.78 Å². The van der Waals surface area contributed by atoms with Crippen LogP contribution >= 0.6 is 11.8 Å². The molecule has 1 saturated heterocycles. The van der Waals surface area contributed by atoms with Gasteiger partial charge in [-0.25, -0.2) is 0 Å². The van der Waals surface area contributed by atoms with Gasteiger partial charge in [-0.15, -0.1) is 0 Å². The van der Waals surface area contributed by atoms with Crippen LogP contribution in [0.3, 0.4) is 0 Å². The number of benzene rings is 2. The molecule has 4 nitrogen and oxygen atoms in total. The Hall–Kier alpha value is -2.37. The number of nitrogens with zero attached hydrogens (tertiary/aromatic N) is 2. The van der Waals surface area contributed by atoms with Crippen LogP contribution in [0.15, 0.2) is 70.1 Å². The summed E-state index contributed by atoms with van der Waals surface area (Å²) in [5, 5.41) is 0. The number of carbonyl (C=O) groups is 2. The molecule has 0 unspecified atom stereocenters. The molecule has 0 aliphatic carbocycles. The lowest BCUT2D eigenvalue weighted by molar-refractivity contribution is 0.0984. The van der Waals surface area contributed by atoms with Gasteiger partial charge < -0.3 is 9.80 Å². The highest BCUT2D eigenvalue weighted by Gasteiger charge is 2.25. The second-order valence-electron chi connectivity index (χ2n) is 7.00. The Morgan fingerprint density at radius 3 is 2.43 bits per heavy atom. The van der Waals surface area contributed by atoms with E-state index in [0.717, 1.165) is 48.7 Å². The minimum atomic E-state index is -0.0758. The molecule has 146 valence electrons. The normalized spacial score (nSPS) is 16.3. The van der Waals surface area contributed by atoms with E-state index in [1.807, 2.05) is 43.3 Å². The number of likely N-dealkylation sites (N-methyl/N-ethyl adjacent to an activating group) is 1. The molecule has 0 spiro atoms. The third-order valence-electron chi connectivity index (χ3n) is 4.93. The fourth-order valence-corrected chi connectivity index (χ4v) is 4.41. The summed E-state index contributed by atoms with van der Waals surface area (Å²) < 4.78 is 0. The van der Waals surface area contributed by atoms with Crippen molar-refractivity contribution in [1.29, 1.82) is 0 Å². The molecule has 0 aromatic heterocycles. The summed E-state index contributed by atoms with van der Waals surface area (Å²) in [4.78, 5) is 31.6. The zero-order chi connectivity index (χ0) is 19.9. The van der Waals surface area contributed by atoms with Crippen LogP contribution in [0, 0.1) is 0 Å². The maximum atomic E-state index is 13.6. The Balaban J connectivity index is 2.01. The highest BCUT2D eigenvalue weighted by molar-refractivity contribution is 8.03. The molecule has 0 bridgehead atoms. The summed E-state index contributed by atoms with van der Waals surface area (Å²) in [6.07, 6.45) is 1.77.